The van der Waals surface area contributed by atoms with Gasteiger partial charge in [0, 0.05) is 30.2 Å². The molecule has 2 aromatic heterocycles. The van der Waals surface area contributed by atoms with Crippen LogP contribution in [0.4, 0.5) is 4.79 Å². The van der Waals surface area contributed by atoms with E-state index in [0.29, 0.717) is 30.1 Å². The fourth-order valence-electron chi connectivity index (χ4n) is 4.96. The first-order valence-corrected chi connectivity index (χ1v) is 13.6. The third-order valence-corrected chi connectivity index (χ3v) is 7.04. The second-order valence-electron chi connectivity index (χ2n) is 11.3. The summed E-state index contributed by atoms with van der Waals surface area (Å²) in [6.07, 6.45) is 5.14. The number of amides is 3. The molecule has 3 aromatic rings. The summed E-state index contributed by atoms with van der Waals surface area (Å²) in [6.45, 7) is 9.84. The fourth-order valence-corrected chi connectivity index (χ4v) is 5.16. The maximum atomic E-state index is 13.6. The van der Waals surface area contributed by atoms with Gasteiger partial charge in [0.05, 0.1) is 29.6 Å². The second kappa shape index (κ2) is 11.7. The topological polar surface area (TPSA) is 105 Å². The monoisotopic (exact) mass is 553 g/mol. The summed E-state index contributed by atoms with van der Waals surface area (Å²) in [4.78, 5) is 45.6. The first-order valence-electron chi connectivity index (χ1n) is 13.2. The summed E-state index contributed by atoms with van der Waals surface area (Å²) >= 11 is 6.30. The Hall–Kier alpha value is -3.59. The molecule has 1 aromatic carbocycles. The summed E-state index contributed by atoms with van der Waals surface area (Å²) in [5, 5.41) is 6.47. The molecular weight excluding hydrogens is 518 g/mol. The number of halogens is 1. The van der Waals surface area contributed by atoms with Gasteiger partial charge in [0.15, 0.2) is 0 Å². The molecule has 2 N–H and O–H groups in total. The van der Waals surface area contributed by atoms with Crippen molar-refractivity contribution in [2.75, 3.05) is 13.1 Å². The van der Waals surface area contributed by atoms with Gasteiger partial charge in [-0.05, 0) is 62.9 Å². The Bertz CT molecular complexity index is 1350. The number of benzene rings is 1. The Balaban J connectivity index is 1.58. The van der Waals surface area contributed by atoms with Gasteiger partial charge in [0.1, 0.15) is 11.6 Å². The number of hydrogen-bond donors (Lipinski definition) is 2. The van der Waals surface area contributed by atoms with E-state index in [0.717, 1.165) is 11.1 Å². The summed E-state index contributed by atoms with van der Waals surface area (Å²) < 4.78 is 7.19. The number of carbonyl (C=O) groups is 3. The third kappa shape index (κ3) is 6.89. The van der Waals surface area contributed by atoms with E-state index in [1.165, 1.54) is 0 Å². The molecule has 3 amide bonds. The zero-order valence-corrected chi connectivity index (χ0v) is 23.7. The minimum Gasteiger partial charge on any atom is -0.444 e. The van der Waals surface area contributed by atoms with Crippen LogP contribution in [0, 0.1) is 5.92 Å². The second-order valence-corrected chi connectivity index (χ2v) is 11.7. The first kappa shape index (κ1) is 28.4. The quantitative estimate of drug-likeness (QED) is 0.462. The lowest BCUT2D eigenvalue weighted by Gasteiger charge is -2.40. The van der Waals surface area contributed by atoms with Gasteiger partial charge >= 0.3 is 6.09 Å². The number of piperidine rings is 1. The van der Waals surface area contributed by atoms with Crippen LogP contribution in [0.3, 0.4) is 0 Å². The molecular formula is C29H36ClN5O4. The van der Waals surface area contributed by atoms with E-state index in [1.54, 1.807) is 48.7 Å². The van der Waals surface area contributed by atoms with Crippen molar-refractivity contribution in [3.8, 4) is 0 Å². The maximum Gasteiger partial charge on any atom is 0.408 e. The molecule has 0 spiro atoms. The van der Waals surface area contributed by atoms with Crippen molar-refractivity contribution < 1.29 is 19.1 Å². The Labute approximate surface area is 233 Å². The molecule has 3 atom stereocenters. The highest BCUT2D eigenvalue weighted by atomic mass is 35.5. The number of nitrogens with one attached hydrogen (secondary N) is 2. The number of fused-ring (bicyclic) bond motifs is 1. The zero-order valence-electron chi connectivity index (χ0n) is 23.0. The third-order valence-electron chi connectivity index (χ3n) is 6.81. The van der Waals surface area contributed by atoms with Crippen LogP contribution in [0.5, 0.6) is 0 Å². The first-order chi connectivity index (χ1) is 18.4. The number of rotatable bonds is 6. The number of aromatic nitrogens is 2. The average molecular weight is 554 g/mol. The van der Waals surface area contributed by atoms with Gasteiger partial charge < -0.3 is 24.7 Å². The highest BCUT2D eigenvalue weighted by Gasteiger charge is 2.36. The molecule has 1 saturated heterocycles. The number of alkyl carbamates (subject to hydrolysis) is 1. The molecule has 39 heavy (non-hydrogen) atoms. The lowest BCUT2D eigenvalue weighted by atomic mass is 9.84. The van der Waals surface area contributed by atoms with Crippen molar-refractivity contribution in [2.45, 2.75) is 64.6 Å². The predicted molar refractivity (Wildman–Crippen MR) is 150 cm³/mol. The highest BCUT2D eigenvalue weighted by Crippen LogP contribution is 2.31. The molecule has 4 rings (SSSR count). The van der Waals surface area contributed by atoms with Gasteiger partial charge in [-0.25, -0.2) is 9.78 Å². The molecule has 1 fully saturated rings. The van der Waals surface area contributed by atoms with Crippen molar-refractivity contribution in [3.05, 3.63) is 71.3 Å². The predicted octanol–water partition coefficient (Wildman–Crippen LogP) is 4.65. The van der Waals surface area contributed by atoms with Crippen molar-refractivity contribution in [1.29, 1.82) is 0 Å². The van der Waals surface area contributed by atoms with Gasteiger partial charge in [-0.2, -0.15) is 0 Å². The van der Waals surface area contributed by atoms with Gasteiger partial charge in [0.25, 0.3) is 5.91 Å². The molecule has 10 heteroatoms. The molecule has 0 aliphatic carbocycles. The minimum absolute atomic E-state index is 0.0724. The molecule has 208 valence electrons. The van der Waals surface area contributed by atoms with Crippen LogP contribution in [-0.4, -0.2) is 63.0 Å². The van der Waals surface area contributed by atoms with Gasteiger partial charge in [-0.1, -0.05) is 37.6 Å². The lowest BCUT2D eigenvalue weighted by molar-refractivity contribution is -0.125. The lowest BCUT2D eigenvalue weighted by Crippen LogP contribution is -2.58. The van der Waals surface area contributed by atoms with Crippen molar-refractivity contribution in [1.82, 2.24) is 24.9 Å². The minimum atomic E-state index is -0.813. The number of hydrogen-bond acceptors (Lipinski definition) is 5. The molecule has 0 bridgehead atoms. The van der Waals surface area contributed by atoms with Gasteiger partial charge in [0.2, 0.25) is 5.91 Å². The van der Waals surface area contributed by atoms with Crippen LogP contribution in [0.25, 0.3) is 5.52 Å². The number of imidazole rings is 1. The van der Waals surface area contributed by atoms with Crippen molar-refractivity contribution in [3.63, 3.8) is 0 Å². The van der Waals surface area contributed by atoms with Crippen LogP contribution >= 0.6 is 11.6 Å². The van der Waals surface area contributed by atoms with E-state index in [4.69, 9.17) is 16.3 Å². The molecule has 3 heterocycles. The molecule has 1 aliphatic heterocycles. The molecule has 9 nitrogen and oxygen atoms in total. The van der Waals surface area contributed by atoms with E-state index in [-0.39, 0.29) is 23.7 Å². The smallest absolute Gasteiger partial charge is 0.408 e. The molecule has 0 saturated carbocycles. The largest absolute Gasteiger partial charge is 0.444 e. The van der Waals surface area contributed by atoms with Crippen LogP contribution in [0.1, 0.15) is 62.9 Å². The Kier molecular flexibility index (Phi) is 8.49. The molecule has 0 radical (unpaired) electrons. The Morgan fingerprint density at radius 3 is 2.62 bits per heavy atom. The summed E-state index contributed by atoms with van der Waals surface area (Å²) in [7, 11) is 0. The van der Waals surface area contributed by atoms with Gasteiger partial charge in [-0.3, -0.25) is 9.59 Å². The number of carbonyl (C=O) groups excluding carboxylic acids is 3. The fraction of sp³-hybridized carbons (Fsp3) is 0.448. The Morgan fingerprint density at radius 2 is 1.92 bits per heavy atom. The van der Waals surface area contributed by atoms with E-state index < -0.39 is 23.8 Å². The zero-order chi connectivity index (χ0) is 28.3. The van der Waals surface area contributed by atoms with Crippen LogP contribution in [-0.2, 0) is 9.53 Å². The molecule has 0 unspecified atom stereocenters. The number of nitrogens with zero attached hydrogens (tertiary/aromatic N) is 3. The van der Waals surface area contributed by atoms with Crippen LogP contribution in [0.2, 0.25) is 5.02 Å². The summed E-state index contributed by atoms with van der Waals surface area (Å²) in [5.74, 6) is -0.725. The number of pyridine rings is 1. The maximum absolute atomic E-state index is 13.6. The normalized spacial score (nSPS) is 18.6. The molecule has 1 aliphatic rings. The van der Waals surface area contributed by atoms with Crippen LogP contribution < -0.4 is 10.6 Å². The number of likely N-dealkylation sites (tertiary alicyclic amines) is 1. The van der Waals surface area contributed by atoms with Crippen molar-refractivity contribution in [2.24, 2.45) is 5.92 Å². The Morgan fingerprint density at radius 1 is 1.15 bits per heavy atom. The standard InChI is InChI=1S/C29H36ClN5O4/c1-18(2)25(33-28(38)39-29(3,4)5)26(36)32-23-16-34(13-11-21(23)19-8-6-9-20(30)14-19)27(37)22-10-7-12-35-17-31-15-24(22)35/h6-10,12,14-15,17-18,21,23,25H,11,13,16H2,1-5H3,(H,32,36)(H,33,38)/t21-,23+,25-/m0/s1. The summed E-state index contributed by atoms with van der Waals surface area (Å²) in [6, 6.07) is 9.96. The van der Waals surface area contributed by atoms with Gasteiger partial charge in [-0.15, -0.1) is 0 Å². The average Bonchev–Trinajstić information content (AvgIpc) is 3.35. The SMILES string of the molecule is CC(C)[C@H](NC(=O)OC(C)(C)C)C(=O)N[C@@H]1CN(C(=O)c2cccn3cncc23)CC[C@H]1c1cccc(Cl)c1. The van der Waals surface area contributed by atoms with Crippen molar-refractivity contribution >= 4 is 35.0 Å². The summed E-state index contributed by atoms with van der Waals surface area (Å²) in [5.41, 5.74) is 1.57. The van der Waals surface area contributed by atoms with E-state index in [9.17, 15) is 14.4 Å². The van der Waals surface area contributed by atoms with E-state index in [1.807, 2.05) is 50.4 Å². The van der Waals surface area contributed by atoms with E-state index >= 15 is 0 Å². The van der Waals surface area contributed by atoms with Crippen LogP contribution in [0.15, 0.2) is 55.1 Å². The highest BCUT2D eigenvalue weighted by molar-refractivity contribution is 6.30. The van der Waals surface area contributed by atoms with E-state index in [2.05, 4.69) is 15.6 Å². The number of ether oxygens (including phenoxy) is 1.